The fourth-order valence-electron chi connectivity index (χ4n) is 3.66. The van der Waals surface area contributed by atoms with Crippen molar-refractivity contribution in [2.75, 3.05) is 19.7 Å². The molecule has 0 bridgehead atoms. The zero-order valence-corrected chi connectivity index (χ0v) is 12.7. The molecule has 0 saturated carbocycles. The third-order valence-corrected chi connectivity index (χ3v) is 4.93. The summed E-state index contributed by atoms with van der Waals surface area (Å²) >= 11 is 0. The van der Waals surface area contributed by atoms with E-state index in [-0.39, 0.29) is 17.6 Å². The van der Waals surface area contributed by atoms with Crippen LogP contribution in [0.15, 0.2) is 10.9 Å². The van der Waals surface area contributed by atoms with Crippen molar-refractivity contribution in [1.82, 2.24) is 14.7 Å². The number of carbonyl (C=O) groups excluding carboxylic acids is 1. The van der Waals surface area contributed by atoms with Crippen molar-refractivity contribution in [2.45, 2.75) is 44.8 Å². The predicted molar refractivity (Wildman–Crippen MR) is 79.6 cm³/mol. The molecule has 0 N–H and O–H groups in total. The topological polar surface area (TPSA) is 64.4 Å². The number of carbonyl (C=O) groups is 1. The van der Waals surface area contributed by atoms with Crippen molar-refractivity contribution in [1.29, 1.82) is 0 Å². The fraction of sp³-hybridized carbons (Fsp3) is 0.688. The number of hydrogen-bond donors (Lipinski definition) is 0. The molecule has 1 aliphatic carbocycles. The molecule has 6 heteroatoms. The van der Waals surface area contributed by atoms with Gasteiger partial charge in [-0.25, -0.2) is 4.68 Å². The molecule has 3 aliphatic rings. The highest BCUT2D eigenvalue weighted by Gasteiger charge is 2.36. The number of ether oxygens (including phenoxy) is 1. The van der Waals surface area contributed by atoms with Gasteiger partial charge >= 0.3 is 0 Å². The molecule has 118 valence electrons. The molecule has 1 aromatic heterocycles. The molecule has 0 spiro atoms. The Labute approximate surface area is 129 Å². The number of likely N-dealkylation sites (tertiary alicyclic amines) is 1. The van der Waals surface area contributed by atoms with E-state index in [9.17, 15) is 9.59 Å². The number of aryl methyl sites for hydroxylation is 2. The van der Waals surface area contributed by atoms with Crippen molar-refractivity contribution in [3.8, 4) is 0 Å². The van der Waals surface area contributed by atoms with E-state index in [1.165, 1.54) is 0 Å². The Morgan fingerprint density at radius 2 is 2.18 bits per heavy atom. The number of amides is 1. The molecule has 4 rings (SSSR count). The van der Waals surface area contributed by atoms with Gasteiger partial charge in [0.15, 0.2) is 0 Å². The number of nitrogens with zero attached hydrogens (tertiary/aromatic N) is 3. The highest BCUT2D eigenvalue weighted by molar-refractivity contribution is 5.81. The van der Waals surface area contributed by atoms with Crippen molar-refractivity contribution in [3.05, 3.63) is 27.7 Å². The Balaban J connectivity index is 1.36. The van der Waals surface area contributed by atoms with Crippen LogP contribution >= 0.6 is 0 Å². The van der Waals surface area contributed by atoms with Crippen molar-refractivity contribution in [3.63, 3.8) is 0 Å². The van der Waals surface area contributed by atoms with Crippen molar-refractivity contribution < 1.29 is 9.53 Å². The van der Waals surface area contributed by atoms with Crippen LogP contribution < -0.4 is 5.56 Å². The molecule has 2 fully saturated rings. The van der Waals surface area contributed by atoms with Crippen molar-refractivity contribution in [2.24, 2.45) is 5.92 Å². The summed E-state index contributed by atoms with van der Waals surface area (Å²) in [6, 6.07) is 1.74. The average molecular weight is 303 g/mol. The first kappa shape index (κ1) is 13.9. The second kappa shape index (κ2) is 5.50. The van der Waals surface area contributed by atoms with Gasteiger partial charge in [-0.3, -0.25) is 9.59 Å². The molecule has 1 atom stereocenters. The third-order valence-electron chi connectivity index (χ3n) is 4.93. The fourth-order valence-corrected chi connectivity index (χ4v) is 3.66. The lowest BCUT2D eigenvalue weighted by Crippen LogP contribution is -2.55. The van der Waals surface area contributed by atoms with Crippen molar-refractivity contribution >= 4 is 5.91 Å². The van der Waals surface area contributed by atoms with Gasteiger partial charge in [-0.15, -0.1) is 0 Å². The maximum absolute atomic E-state index is 12.2. The summed E-state index contributed by atoms with van der Waals surface area (Å²) in [6.07, 6.45) is 4.63. The first-order valence-corrected chi connectivity index (χ1v) is 8.21. The number of fused-ring (bicyclic) bond motifs is 1. The Bertz CT molecular complexity index is 643. The first-order valence-electron chi connectivity index (χ1n) is 8.21. The van der Waals surface area contributed by atoms with Crippen LogP contribution in [0.1, 0.15) is 30.5 Å². The number of aromatic nitrogens is 2. The van der Waals surface area contributed by atoms with Gasteiger partial charge in [-0.05, 0) is 37.7 Å². The number of rotatable bonds is 3. The summed E-state index contributed by atoms with van der Waals surface area (Å²) in [5.41, 5.74) is 2.18. The van der Waals surface area contributed by atoms with Gasteiger partial charge in [0.1, 0.15) is 6.10 Å². The molecule has 0 radical (unpaired) electrons. The van der Waals surface area contributed by atoms with E-state index in [0.29, 0.717) is 32.2 Å². The summed E-state index contributed by atoms with van der Waals surface area (Å²) < 4.78 is 7.02. The van der Waals surface area contributed by atoms with Gasteiger partial charge in [0.05, 0.1) is 12.2 Å². The molecular weight excluding hydrogens is 282 g/mol. The Kier molecular flexibility index (Phi) is 3.48. The minimum absolute atomic E-state index is 0.00967. The molecule has 22 heavy (non-hydrogen) atoms. The Morgan fingerprint density at radius 3 is 2.95 bits per heavy atom. The second-order valence-electron chi connectivity index (χ2n) is 6.60. The molecule has 2 saturated heterocycles. The van der Waals surface area contributed by atoms with Crippen LogP contribution in [-0.4, -0.2) is 46.4 Å². The SMILES string of the molecule is O=C(C1CCCO1)N1CC(Cn2nc3c(cc2=O)CCC3)C1. The molecule has 0 aromatic carbocycles. The lowest BCUT2D eigenvalue weighted by Gasteiger charge is -2.40. The highest BCUT2D eigenvalue weighted by Crippen LogP contribution is 2.23. The Hall–Kier alpha value is -1.69. The third kappa shape index (κ3) is 2.45. The zero-order chi connectivity index (χ0) is 15.1. The smallest absolute Gasteiger partial charge is 0.267 e. The van der Waals surface area contributed by atoms with Crippen LogP contribution in [0.4, 0.5) is 0 Å². The predicted octanol–water partition coefficient (Wildman–Crippen LogP) is 0.369. The molecular formula is C16H21N3O3. The first-order chi connectivity index (χ1) is 10.7. The average Bonchev–Trinajstić information content (AvgIpc) is 3.12. The van der Waals surface area contributed by atoms with Gasteiger partial charge in [0.25, 0.3) is 11.5 Å². The summed E-state index contributed by atoms with van der Waals surface area (Å²) in [7, 11) is 0. The monoisotopic (exact) mass is 303 g/mol. The van der Waals surface area contributed by atoms with E-state index in [1.54, 1.807) is 10.7 Å². The summed E-state index contributed by atoms with van der Waals surface area (Å²) in [5, 5.41) is 4.50. The lowest BCUT2D eigenvalue weighted by molar-refractivity contribution is -0.147. The molecule has 1 amide bonds. The summed E-state index contributed by atoms with van der Waals surface area (Å²) in [4.78, 5) is 26.1. The van der Waals surface area contributed by atoms with Gasteiger partial charge in [-0.2, -0.15) is 5.10 Å². The molecule has 3 heterocycles. The van der Waals surface area contributed by atoms with Crippen LogP contribution in [0.25, 0.3) is 0 Å². The van der Waals surface area contributed by atoms with E-state index < -0.39 is 0 Å². The molecule has 2 aliphatic heterocycles. The van der Waals surface area contributed by atoms with Crippen LogP contribution in [0, 0.1) is 5.92 Å². The summed E-state index contributed by atoms with van der Waals surface area (Å²) in [6.45, 7) is 2.73. The van der Waals surface area contributed by atoms with Gasteiger partial charge < -0.3 is 9.64 Å². The minimum atomic E-state index is -0.234. The molecule has 1 unspecified atom stereocenters. The van der Waals surface area contributed by atoms with E-state index in [2.05, 4.69) is 5.10 Å². The largest absolute Gasteiger partial charge is 0.368 e. The number of hydrogen-bond acceptors (Lipinski definition) is 4. The van der Waals surface area contributed by atoms with Gasteiger partial charge in [0.2, 0.25) is 0 Å². The second-order valence-corrected chi connectivity index (χ2v) is 6.60. The van der Waals surface area contributed by atoms with E-state index in [1.807, 2.05) is 4.90 Å². The molecule has 6 nitrogen and oxygen atoms in total. The normalized spacial score (nSPS) is 24.4. The molecule has 1 aromatic rings. The Morgan fingerprint density at radius 1 is 1.32 bits per heavy atom. The summed E-state index contributed by atoms with van der Waals surface area (Å²) in [5.74, 6) is 0.443. The highest BCUT2D eigenvalue weighted by atomic mass is 16.5. The minimum Gasteiger partial charge on any atom is -0.368 e. The maximum atomic E-state index is 12.2. The van der Waals surface area contributed by atoms with Gasteiger partial charge in [0, 0.05) is 31.7 Å². The lowest BCUT2D eigenvalue weighted by atomic mass is 9.99. The maximum Gasteiger partial charge on any atom is 0.267 e. The standard InChI is InChI=1S/C16H21N3O3/c20-15-7-12-3-1-4-13(12)17-19(15)10-11-8-18(9-11)16(21)14-5-2-6-22-14/h7,11,14H,1-6,8-10H2. The zero-order valence-electron chi connectivity index (χ0n) is 12.7. The van der Waals surface area contributed by atoms with E-state index in [0.717, 1.165) is 43.4 Å². The van der Waals surface area contributed by atoms with Crippen LogP contribution in [0.5, 0.6) is 0 Å². The van der Waals surface area contributed by atoms with Crippen LogP contribution in [-0.2, 0) is 28.9 Å². The van der Waals surface area contributed by atoms with Crippen LogP contribution in [0.2, 0.25) is 0 Å². The van der Waals surface area contributed by atoms with E-state index in [4.69, 9.17) is 4.74 Å². The quantitative estimate of drug-likeness (QED) is 0.809. The van der Waals surface area contributed by atoms with E-state index >= 15 is 0 Å². The van der Waals surface area contributed by atoms with Crippen LogP contribution in [0.3, 0.4) is 0 Å². The van der Waals surface area contributed by atoms with Gasteiger partial charge in [-0.1, -0.05) is 0 Å².